The first-order valence-electron chi connectivity index (χ1n) is 6.16. The van der Waals surface area contributed by atoms with E-state index in [1.54, 1.807) is 6.20 Å². The van der Waals surface area contributed by atoms with Crippen molar-refractivity contribution in [3.8, 4) is 0 Å². The van der Waals surface area contributed by atoms with Gasteiger partial charge in [0.15, 0.2) is 0 Å². The van der Waals surface area contributed by atoms with E-state index in [0.717, 1.165) is 17.2 Å². The van der Waals surface area contributed by atoms with Gasteiger partial charge in [0.2, 0.25) is 0 Å². The molecule has 0 saturated heterocycles. The number of aromatic nitrogens is 1. The molecule has 0 radical (unpaired) electrons. The Morgan fingerprint density at radius 1 is 1.37 bits per heavy atom. The molecule has 5 heteroatoms. The van der Waals surface area contributed by atoms with Crippen molar-refractivity contribution in [3.63, 3.8) is 0 Å². The summed E-state index contributed by atoms with van der Waals surface area (Å²) in [5, 5.41) is 5.56. The summed E-state index contributed by atoms with van der Waals surface area (Å²) >= 11 is 0. The van der Waals surface area contributed by atoms with E-state index < -0.39 is 0 Å². The highest BCUT2D eigenvalue weighted by Crippen LogP contribution is 2.15. The molecule has 0 spiro atoms. The van der Waals surface area contributed by atoms with Gasteiger partial charge in [-0.25, -0.2) is 4.79 Å². The molecule has 0 unspecified atom stereocenters. The molecule has 0 aliphatic carbocycles. The van der Waals surface area contributed by atoms with E-state index in [9.17, 15) is 4.79 Å². The zero-order valence-corrected chi connectivity index (χ0v) is 11.0. The predicted molar refractivity (Wildman–Crippen MR) is 71.5 cm³/mol. The van der Waals surface area contributed by atoms with Crippen LogP contribution in [-0.4, -0.2) is 11.0 Å². The van der Waals surface area contributed by atoms with Gasteiger partial charge in [-0.15, -0.1) is 0 Å². The van der Waals surface area contributed by atoms with Crippen LogP contribution in [0, 0.1) is 6.92 Å². The maximum absolute atomic E-state index is 11.7. The monoisotopic (exact) mass is 259 g/mol. The molecule has 2 N–H and O–H groups in total. The maximum Gasteiger partial charge on any atom is 0.315 e. The largest absolute Gasteiger partial charge is 0.464 e. The number of hydrogen-bond donors (Lipinski definition) is 2. The average molecular weight is 259 g/mol. The number of nitrogens with zero attached hydrogens (tertiary/aromatic N) is 1. The Morgan fingerprint density at radius 2 is 2.21 bits per heavy atom. The van der Waals surface area contributed by atoms with Crippen molar-refractivity contribution in [1.82, 2.24) is 15.6 Å². The Labute approximate surface area is 112 Å². The molecule has 0 aliphatic rings. The highest BCUT2D eigenvalue weighted by Gasteiger charge is 2.12. The molecule has 2 heterocycles. The Balaban J connectivity index is 1.81. The molecular formula is C14H17N3O2. The number of urea groups is 1. The van der Waals surface area contributed by atoms with Crippen molar-refractivity contribution in [2.45, 2.75) is 26.4 Å². The summed E-state index contributed by atoms with van der Waals surface area (Å²) in [6, 6.07) is 8.91. The number of hydrogen-bond acceptors (Lipinski definition) is 3. The van der Waals surface area contributed by atoms with Crippen molar-refractivity contribution in [3.05, 3.63) is 53.7 Å². The predicted octanol–water partition coefficient (Wildman–Crippen LogP) is 2.54. The lowest BCUT2D eigenvalue weighted by atomic mass is 10.2. The van der Waals surface area contributed by atoms with Gasteiger partial charge in [0.1, 0.15) is 11.5 Å². The molecule has 2 aromatic heterocycles. The lowest BCUT2D eigenvalue weighted by Gasteiger charge is -2.12. The van der Waals surface area contributed by atoms with Crippen LogP contribution in [0.1, 0.15) is 30.2 Å². The summed E-state index contributed by atoms with van der Waals surface area (Å²) in [6.07, 6.45) is 1.70. The SMILES string of the molecule is Cc1ccc([C@H](C)NC(=O)NCc2ccccn2)o1. The standard InChI is InChI=1S/C14H17N3O2/c1-10-6-7-13(19-10)11(2)17-14(18)16-9-12-5-3-4-8-15-12/h3-8,11H,9H2,1-2H3,(H2,16,17,18)/t11-/m0/s1. The van der Waals surface area contributed by atoms with E-state index >= 15 is 0 Å². The fourth-order valence-corrected chi connectivity index (χ4v) is 1.68. The van der Waals surface area contributed by atoms with Crippen LogP contribution < -0.4 is 10.6 Å². The van der Waals surface area contributed by atoms with E-state index in [2.05, 4.69) is 15.6 Å². The second-order valence-corrected chi connectivity index (χ2v) is 4.32. The average Bonchev–Trinajstić information content (AvgIpc) is 2.84. The maximum atomic E-state index is 11.7. The normalized spacial score (nSPS) is 11.9. The number of carbonyl (C=O) groups excluding carboxylic acids is 1. The van der Waals surface area contributed by atoms with Gasteiger partial charge in [-0.1, -0.05) is 6.07 Å². The second kappa shape index (κ2) is 6.04. The summed E-state index contributed by atoms with van der Waals surface area (Å²) in [5.41, 5.74) is 0.819. The summed E-state index contributed by atoms with van der Waals surface area (Å²) in [4.78, 5) is 15.8. The smallest absolute Gasteiger partial charge is 0.315 e. The zero-order valence-electron chi connectivity index (χ0n) is 11.0. The van der Waals surface area contributed by atoms with Gasteiger partial charge in [0, 0.05) is 6.20 Å². The number of amides is 2. The molecule has 0 aliphatic heterocycles. The Bertz CT molecular complexity index is 537. The fourth-order valence-electron chi connectivity index (χ4n) is 1.68. The van der Waals surface area contributed by atoms with Crippen LogP contribution in [0.4, 0.5) is 4.79 Å². The van der Waals surface area contributed by atoms with Crippen molar-refractivity contribution in [2.24, 2.45) is 0 Å². The quantitative estimate of drug-likeness (QED) is 0.886. The highest BCUT2D eigenvalue weighted by atomic mass is 16.3. The van der Waals surface area contributed by atoms with Gasteiger partial charge in [-0.3, -0.25) is 4.98 Å². The van der Waals surface area contributed by atoms with Crippen LogP contribution >= 0.6 is 0 Å². The molecule has 19 heavy (non-hydrogen) atoms. The number of nitrogens with one attached hydrogen (secondary N) is 2. The first-order chi connectivity index (χ1) is 9.15. The summed E-state index contributed by atoms with van der Waals surface area (Å²) in [7, 11) is 0. The first kappa shape index (κ1) is 13.1. The first-order valence-corrected chi connectivity index (χ1v) is 6.16. The summed E-state index contributed by atoms with van der Waals surface area (Å²) in [6.45, 7) is 4.15. The molecule has 0 aromatic carbocycles. The van der Waals surface area contributed by atoms with Crippen LogP contribution in [0.5, 0.6) is 0 Å². The van der Waals surface area contributed by atoms with Crippen molar-refractivity contribution < 1.29 is 9.21 Å². The van der Waals surface area contributed by atoms with Crippen molar-refractivity contribution in [2.75, 3.05) is 0 Å². The minimum atomic E-state index is -0.243. The van der Waals surface area contributed by atoms with Crippen LogP contribution in [0.25, 0.3) is 0 Å². The molecular weight excluding hydrogens is 242 g/mol. The summed E-state index contributed by atoms with van der Waals surface area (Å²) < 4.78 is 5.45. The van der Waals surface area contributed by atoms with Gasteiger partial charge in [0.25, 0.3) is 0 Å². The molecule has 0 bridgehead atoms. The molecule has 1 atom stereocenters. The van der Waals surface area contributed by atoms with Gasteiger partial charge in [-0.2, -0.15) is 0 Å². The number of aryl methyl sites for hydroxylation is 1. The molecule has 2 amide bonds. The minimum absolute atomic E-state index is 0.169. The highest BCUT2D eigenvalue weighted by molar-refractivity contribution is 5.74. The van der Waals surface area contributed by atoms with Crippen molar-refractivity contribution >= 4 is 6.03 Å². The zero-order chi connectivity index (χ0) is 13.7. The Kier molecular flexibility index (Phi) is 4.18. The van der Waals surface area contributed by atoms with Gasteiger partial charge < -0.3 is 15.1 Å². The van der Waals surface area contributed by atoms with Crippen LogP contribution in [0.3, 0.4) is 0 Å². The van der Waals surface area contributed by atoms with E-state index in [-0.39, 0.29) is 12.1 Å². The lowest BCUT2D eigenvalue weighted by molar-refractivity contribution is 0.235. The number of pyridine rings is 1. The van der Waals surface area contributed by atoms with Crippen LogP contribution in [0.2, 0.25) is 0 Å². The van der Waals surface area contributed by atoms with E-state index in [1.807, 2.05) is 44.2 Å². The number of rotatable bonds is 4. The topological polar surface area (TPSA) is 67.2 Å². The van der Waals surface area contributed by atoms with Gasteiger partial charge in [0.05, 0.1) is 18.3 Å². The van der Waals surface area contributed by atoms with E-state index in [4.69, 9.17) is 4.42 Å². The number of furan rings is 1. The number of carbonyl (C=O) groups is 1. The van der Waals surface area contributed by atoms with Gasteiger partial charge in [-0.05, 0) is 38.1 Å². The van der Waals surface area contributed by atoms with E-state index in [1.165, 1.54) is 0 Å². The molecule has 0 fully saturated rings. The van der Waals surface area contributed by atoms with Crippen LogP contribution in [0.15, 0.2) is 40.9 Å². The van der Waals surface area contributed by atoms with Crippen molar-refractivity contribution in [1.29, 1.82) is 0 Å². The molecule has 5 nitrogen and oxygen atoms in total. The molecule has 2 aromatic rings. The van der Waals surface area contributed by atoms with E-state index in [0.29, 0.717) is 6.54 Å². The Morgan fingerprint density at radius 3 is 2.84 bits per heavy atom. The molecule has 2 rings (SSSR count). The van der Waals surface area contributed by atoms with Crippen LogP contribution in [-0.2, 0) is 6.54 Å². The third kappa shape index (κ3) is 3.84. The third-order valence-corrected chi connectivity index (χ3v) is 2.69. The summed E-state index contributed by atoms with van der Waals surface area (Å²) in [5.74, 6) is 1.57. The molecule has 100 valence electrons. The lowest BCUT2D eigenvalue weighted by Crippen LogP contribution is -2.36. The Hall–Kier alpha value is -2.30. The second-order valence-electron chi connectivity index (χ2n) is 4.32. The van der Waals surface area contributed by atoms with Gasteiger partial charge >= 0.3 is 6.03 Å². The molecule has 0 saturated carbocycles. The fraction of sp³-hybridized carbons (Fsp3) is 0.286. The third-order valence-electron chi connectivity index (χ3n) is 2.69. The minimum Gasteiger partial charge on any atom is -0.464 e.